The molecule has 1 aromatic heterocycles. The Morgan fingerprint density at radius 3 is 2.70 bits per heavy atom. The molecular weight excluding hydrogens is 338 g/mol. The minimum absolute atomic E-state index is 0.0166. The van der Waals surface area contributed by atoms with Crippen LogP contribution in [0.1, 0.15) is 11.0 Å². The third-order valence-corrected chi connectivity index (χ3v) is 6.32. The number of rotatable bonds is 5. The fourth-order valence-electron chi connectivity index (χ4n) is 2.28. The van der Waals surface area contributed by atoms with Gasteiger partial charge in [-0.1, -0.05) is 6.07 Å². The summed E-state index contributed by atoms with van der Waals surface area (Å²) >= 11 is 1.39. The Kier molecular flexibility index (Phi) is 4.58. The van der Waals surface area contributed by atoms with Gasteiger partial charge in [-0.25, -0.2) is 8.42 Å². The summed E-state index contributed by atoms with van der Waals surface area (Å²) in [7, 11) is -2.27. The van der Waals surface area contributed by atoms with Crippen molar-refractivity contribution in [2.75, 3.05) is 26.8 Å². The molecule has 1 aliphatic heterocycles. The zero-order valence-electron chi connectivity index (χ0n) is 12.5. The molecule has 1 atom stereocenters. The molecule has 0 aliphatic carbocycles. The van der Waals surface area contributed by atoms with E-state index in [1.807, 2.05) is 11.4 Å². The lowest BCUT2D eigenvalue weighted by atomic mass is 10.3. The maximum absolute atomic E-state index is 12.6. The normalized spacial score (nSPS) is 15.6. The van der Waals surface area contributed by atoms with Crippen LogP contribution in [-0.4, -0.2) is 44.6 Å². The van der Waals surface area contributed by atoms with Gasteiger partial charge in [0.05, 0.1) is 4.90 Å². The Bertz CT molecular complexity index is 773. The van der Waals surface area contributed by atoms with Crippen molar-refractivity contribution in [1.82, 2.24) is 4.31 Å². The lowest BCUT2D eigenvalue weighted by Gasteiger charge is -2.22. The molecule has 2 heterocycles. The van der Waals surface area contributed by atoms with Crippen molar-refractivity contribution in [2.24, 2.45) is 0 Å². The van der Waals surface area contributed by atoms with Crippen molar-refractivity contribution < 1.29 is 23.0 Å². The molecule has 124 valence electrons. The predicted octanol–water partition coefficient (Wildman–Crippen LogP) is 1.87. The van der Waals surface area contributed by atoms with Crippen molar-refractivity contribution in [3.8, 4) is 11.5 Å². The second-order valence-electron chi connectivity index (χ2n) is 5.12. The first-order valence-corrected chi connectivity index (χ1v) is 9.38. The average Bonchev–Trinajstić information content (AvgIpc) is 3.08. The number of nitrogens with zero attached hydrogens (tertiary/aromatic N) is 1. The van der Waals surface area contributed by atoms with Gasteiger partial charge in [0.1, 0.15) is 19.3 Å². The van der Waals surface area contributed by atoms with E-state index in [4.69, 9.17) is 9.47 Å². The number of hydrogen-bond donors (Lipinski definition) is 1. The quantitative estimate of drug-likeness (QED) is 0.886. The van der Waals surface area contributed by atoms with Gasteiger partial charge in [0.15, 0.2) is 11.5 Å². The van der Waals surface area contributed by atoms with E-state index in [1.165, 1.54) is 30.5 Å². The van der Waals surface area contributed by atoms with Crippen LogP contribution in [0.25, 0.3) is 0 Å². The Balaban J connectivity index is 1.80. The van der Waals surface area contributed by atoms with Crippen LogP contribution in [0.4, 0.5) is 0 Å². The summed E-state index contributed by atoms with van der Waals surface area (Å²) in [4.78, 5) is 0.844. The number of ether oxygens (including phenoxy) is 2. The molecular formula is C15H17NO5S2. The fraction of sp³-hybridized carbons (Fsp3) is 0.333. The maximum atomic E-state index is 12.6. The highest BCUT2D eigenvalue weighted by molar-refractivity contribution is 7.89. The molecule has 0 radical (unpaired) electrons. The topological polar surface area (TPSA) is 76.1 Å². The van der Waals surface area contributed by atoms with E-state index >= 15 is 0 Å². The Morgan fingerprint density at radius 2 is 2.00 bits per heavy atom. The molecule has 0 fully saturated rings. The lowest BCUT2D eigenvalue weighted by molar-refractivity contribution is 0.158. The van der Waals surface area contributed by atoms with Gasteiger partial charge in [0, 0.05) is 24.5 Å². The minimum Gasteiger partial charge on any atom is -0.486 e. The summed E-state index contributed by atoms with van der Waals surface area (Å²) in [5, 5.41) is 12.0. The molecule has 0 saturated heterocycles. The number of thiophene rings is 1. The molecule has 1 aromatic carbocycles. The van der Waals surface area contributed by atoms with Crippen LogP contribution in [0, 0.1) is 0 Å². The first-order valence-electron chi connectivity index (χ1n) is 7.06. The molecule has 3 rings (SSSR count). The zero-order valence-corrected chi connectivity index (χ0v) is 14.1. The van der Waals surface area contributed by atoms with Gasteiger partial charge in [0.25, 0.3) is 0 Å². The van der Waals surface area contributed by atoms with Gasteiger partial charge in [0.2, 0.25) is 10.0 Å². The van der Waals surface area contributed by atoms with E-state index in [-0.39, 0.29) is 11.4 Å². The summed E-state index contributed by atoms with van der Waals surface area (Å²) in [5.41, 5.74) is 0. The van der Waals surface area contributed by atoms with Crippen molar-refractivity contribution in [3.05, 3.63) is 40.6 Å². The molecule has 2 aromatic rings. The summed E-state index contributed by atoms with van der Waals surface area (Å²) in [5.74, 6) is 0.959. The van der Waals surface area contributed by atoms with Crippen molar-refractivity contribution in [1.29, 1.82) is 0 Å². The number of likely N-dealkylation sites (N-methyl/N-ethyl adjacent to an activating group) is 1. The molecule has 6 nitrogen and oxygen atoms in total. The molecule has 1 unspecified atom stereocenters. The minimum atomic E-state index is -3.72. The van der Waals surface area contributed by atoms with E-state index in [1.54, 1.807) is 12.1 Å². The Labute approximate surface area is 138 Å². The van der Waals surface area contributed by atoms with Crippen molar-refractivity contribution in [3.63, 3.8) is 0 Å². The van der Waals surface area contributed by atoms with Crippen LogP contribution < -0.4 is 9.47 Å². The number of aliphatic hydroxyl groups excluding tert-OH is 1. The molecule has 23 heavy (non-hydrogen) atoms. The number of fused-ring (bicyclic) bond motifs is 1. The second kappa shape index (κ2) is 6.48. The summed E-state index contributed by atoms with van der Waals surface area (Å²) in [6.07, 6.45) is -0.855. The van der Waals surface area contributed by atoms with Gasteiger partial charge in [-0.3, -0.25) is 0 Å². The van der Waals surface area contributed by atoms with Crippen molar-refractivity contribution in [2.45, 2.75) is 11.0 Å². The van der Waals surface area contributed by atoms with Crippen LogP contribution in [0.3, 0.4) is 0 Å². The second-order valence-corrected chi connectivity index (χ2v) is 8.15. The predicted molar refractivity (Wildman–Crippen MR) is 86.5 cm³/mol. The molecule has 0 spiro atoms. The Morgan fingerprint density at radius 1 is 1.26 bits per heavy atom. The highest BCUT2D eigenvalue weighted by atomic mass is 32.2. The van der Waals surface area contributed by atoms with Gasteiger partial charge in [-0.15, -0.1) is 11.3 Å². The summed E-state index contributed by atoms with van der Waals surface area (Å²) in [6, 6.07) is 8.12. The average molecular weight is 355 g/mol. The van der Waals surface area contributed by atoms with E-state index in [0.29, 0.717) is 24.7 Å². The van der Waals surface area contributed by atoms with Gasteiger partial charge >= 0.3 is 0 Å². The van der Waals surface area contributed by atoms with E-state index in [0.717, 1.165) is 9.18 Å². The van der Waals surface area contributed by atoms with Crippen LogP contribution in [0.15, 0.2) is 40.6 Å². The SMILES string of the molecule is CN(CC(O)c1cccs1)S(=O)(=O)c1ccc2c(c1)OCCO2. The van der Waals surface area contributed by atoms with E-state index in [2.05, 4.69) is 0 Å². The molecule has 1 N–H and O–H groups in total. The number of sulfonamides is 1. The van der Waals surface area contributed by atoms with Crippen LogP contribution in [0.2, 0.25) is 0 Å². The van der Waals surface area contributed by atoms with Crippen molar-refractivity contribution >= 4 is 21.4 Å². The molecule has 0 bridgehead atoms. The van der Waals surface area contributed by atoms with E-state index in [9.17, 15) is 13.5 Å². The lowest BCUT2D eigenvalue weighted by Crippen LogP contribution is -2.31. The first kappa shape index (κ1) is 16.3. The van der Waals surface area contributed by atoms with Crippen LogP contribution in [-0.2, 0) is 10.0 Å². The number of benzene rings is 1. The van der Waals surface area contributed by atoms with Gasteiger partial charge in [-0.05, 0) is 23.6 Å². The molecule has 1 aliphatic rings. The monoisotopic (exact) mass is 355 g/mol. The highest BCUT2D eigenvalue weighted by Gasteiger charge is 2.26. The van der Waals surface area contributed by atoms with Crippen LogP contribution >= 0.6 is 11.3 Å². The fourth-order valence-corrected chi connectivity index (χ4v) is 4.17. The smallest absolute Gasteiger partial charge is 0.243 e. The standard InChI is InChI=1S/C15H17NO5S2/c1-16(10-12(17)15-3-2-8-22-15)23(18,19)11-4-5-13-14(9-11)21-7-6-20-13/h2-5,8-9,12,17H,6-7,10H2,1H3. The maximum Gasteiger partial charge on any atom is 0.243 e. The van der Waals surface area contributed by atoms with Crippen LogP contribution in [0.5, 0.6) is 11.5 Å². The van der Waals surface area contributed by atoms with Gasteiger partial charge < -0.3 is 14.6 Å². The third-order valence-electron chi connectivity index (χ3n) is 3.52. The highest BCUT2D eigenvalue weighted by Crippen LogP contribution is 2.33. The number of hydrogen-bond acceptors (Lipinski definition) is 6. The molecule has 8 heteroatoms. The van der Waals surface area contributed by atoms with Gasteiger partial charge in [-0.2, -0.15) is 4.31 Å². The number of aliphatic hydroxyl groups is 1. The molecule has 0 saturated carbocycles. The molecule has 0 amide bonds. The summed E-state index contributed by atoms with van der Waals surface area (Å²) < 4.78 is 37.2. The van der Waals surface area contributed by atoms with E-state index < -0.39 is 16.1 Å². The zero-order chi connectivity index (χ0) is 16.4. The summed E-state index contributed by atoms with van der Waals surface area (Å²) in [6.45, 7) is 0.826. The largest absolute Gasteiger partial charge is 0.486 e. The third kappa shape index (κ3) is 3.35. The Hall–Kier alpha value is -1.61. The first-order chi connectivity index (χ1) is 11.0.